The Morgan fingerprint density at radius 2 is 2.10 bits per heavy atom. The first-order valence-corrected chi connectivity index (χ1v) is 8.78. The monoisotopic (exact) mass is 299 g/mol. The maximum Gasteiger partial charge on any atom is 0.244 e. The molecule has 1 aromatic rings. The van der Waals surface area contributed by atoms with Gasteiger partial charge in [-0.25, -0.2) is 8.42 Å². The first-order chi connectivity index (χ1) is 9.50. The Labute approximate surface area is 121 Å². The van der Waals surface area contributed by atoms with E-state index in [4.69, 9.17) is 5.73 Å². The van der Waals surface area contributed by atoms with Gasteiger partial charge < -0.3 is 10.3 Å². The molecule has 2 atom stereocenters. The molecule has 20 heavy (non-hydrogen) atoms. The number of hydrogen-bond acceptors (Lipinski definition) is 3. The van der Waals surface area contributed by atoms with Crippen LogP contribution in [0.15, 0.2) is 23.4 Å². The summed E-state index contributed by atoms with van der Waals surface area (Å²) in [7, 11) is -1.58. The standard InChI is InChI=1S/C14H25N3O2S/c1-3-17(14-7-5-4-6-12(14)10-15)20(18,19)13-8-9-16(2)11-13/h8-9,11-12,14H,3-7,10,15H2,1-2H3. The topological polar surface area (TPSA) is 68.3 Å². The first-order valence-electron chi connectivity index (χ1n) is 7.34. The summed E-state index contributed by atoms with van der Waals surface area (Å²) in [5.41, 5.74) is 5.85. The van der Waals surface area contributed by atoms with Gasteiger partial charge in [0.25, 0.3) is 0 Å². The van der Waals surface area contributed by atoms with Crippen molar-refractivity contribution in [2.75, 3.05) is 13.1 Å². The molecule has 0 radical (unpaired) electrons. The summed E-state index contributed by atoms with van der Waals surface area (Å²) in [4.78, 5) is 0.378. The number of sulfonamides is 1. The third-order valence-electron chi connectivity index (χ3n) is 4.26. The van der Waals surface area contributed by atoms with Crippen molar-refractivity contribution in [3.63, 3.8) is 0 Å². The van der Waals surface area contributed by atoms with Gasteiger partial charge in [0.1, 0.15) is 0 Å². The largest absolute Gasteiger partial charge is 0.356 e. The Morgan fingerprint density at radius 3 is 2.65 bits per heavy atom. The Kier molecular flexibility index (Phi) is 4.88. The molecule has 6 heteroatoms. The molecule has 0 amide bonds. The van der Waals surface area contributed by atoms with E-state index in [0.29, 0.717) is 18.0 Å². The highest BCUT2D eigenvalue weighted by Gasteiger charge is 2.36. The number of nitrogens with zero attached hydrogens (tertiary/aromatic N) is 2. The molecule has 0 aromatic carbocycles. The van der Waals surface area contributed by atoms with Crippen LogP contribution in [0.1, 0.15) is 32.6 Å². The van der Waals surface area contributed by atoms with Crippen LogP contribution in [-0.4, -0.2) is 36.4 Å². The molecule has 1 aliphatic rings. The molecule has 0 bridgehead atoms. The van der Waals surface area contributed by atoms with Crippen LogP contribution in [0.2, 0.25) is 0 Å². The van der Waals surface area contributed by atoms with Gasteiger partial charge in [-0.3, -0.25) is 0 Å². The molecule has 0 saturated heterocycles. The molecule has 5 nitrogen and oxygen atoms in total. The maximum atomic E-state index is 12.8. The molecule has 1 aromatic heterocycles. The fourth-order valence-electron chi connectivity index (χ4n) is 3.19. The fraction of sp³-hybridized carbons (Fsp3) is 0.714. The van der Waals surface area contributed by atoms with Gasteiger partial charge in [-0.1, -0.05) is 19.8 Å². The van der Waals surface area contributed by atoms with Crippen molar-refractivity contribution in [2.24, 2.45) is 18.7 Å². The second-order valence-electron chi connectivity index (χ2n) is 5.57. The molecule has 2 unspecified atom stereocenters. The van der Waals surface area contributed by atoms with E-state index in [2.05, 4.69) is 0 Å². The Hall–Kier alpha value is -0.850. The van der Waals surface area contributed by atoms with Crippen molar-refractivity contribution >= 4 is 10.0 Å². The van der Waals surface area contributed by atoms with Crippen LogP contribution < -0.4 is 5.73 Å². The Morgan fingerprint density at radius 1 is 1.40 bits per heavy atom. The predicted molar refractivity (Wildman–Crippen MR) is 79.8 cm³/mol. The summed E-state index contributed by atoms with van der Waals surface area (Å²) >= 11 is 0. The smallest absolute Gasteiger partial charge is 0.244 e. The fourth-order valence-corrected chi connectivity index (χ4v) is 4.97. The van der Waals surface area contributed by atoms with Gasteiger partial charge in [0.2, 0.25) is 10.0 Å². The van der Waals surface area contributed by atoms with Crippen molar-refractivity contribution in [3.05, 3.63) is 18.5 Å². The molecule has 0 spiro atoms. The molecule has 2 N–H and O–H groups in total. The molecule has 1 saturated carbocycles. The minimum Gasteiger partial charge on any atom is -0.356 e. The zero-order valence-electron chi connectivity index (χ0n) is 12.3. The van der Waals surface area contributed by atoms with Crippen molar-refractivity contribution in [1.82, 2.24) is 8.87 Å². The van der Waals surface area contributed by atoms with Gasteiger partial charge in [0.05, 0.1) is 4.90 Å². The predicted octanol–water partition coefficient (Wildman–Crippen LogP) is 1.55. The number of aryl methyl sites for hydroxylation is 1. The van der Waals surface area contributed by atoms with Gasteiger partial charge in [0, 0.05) is 32.0 Å². The van der Waals surface area contributed by atoms with Gasteiger partial charge in [-0.15, -0.1) is 0 Å². The van der Waals surface area contributed by atoms with E-state index in [1.165, 1.54) is 0 Å². The van der Waals surface area contributed by atoms with Crippen molar-refractivity contribution in [2.45, 2.75) is 43.5 Å². The van der Waals surface area contributed by atoms with E-state index >= 15 is 0 Å². The molecule has 0 aliphatic heterocycles. The molecule has 2 rings (SSSR count). The maximum absolute atomic E-state index is 12.8. The highest BCUT2D eigenvalue weighted by atomic mass is 32.2. The molecular formula is C14H25N3O2S. The first kappa shape index (κ1) is 15.5. The second kappa shape index (κ2) is 6.28. The normalized spacial score (nSPS) is 24.2. The number of nitrogens with two attached hydrogens (primary N) is 1. The summed E-state index contributed by atoms with van der Waals surface area (Å²) in [6.07, 6.45) is 7.62. The minimum atomic E-state index is -3.42. The van der Waals surface area contributed by atoms with Crippen molar-refractivity contribution in [1.29, 1.82) is 0 Å². The lowest BCUT2D eigenvalue weighted by Gasteiger charge is -2.38. The highest BCUT2D eigenvalue weighted by Crippen LogP contribution is 2.31. The summed E-state index contributed by atoms with van der Waals surface area (Å²) in [5.74, 6) is 0.280. The van der Waals surface area contributed by atoms with Crippen LogP contribution in [0, 0.1) is 5.92 Å². The quantitative estimate of drug-likeness (QED) is 0.897. The lowest BCUT2D eigenvalue weighted by atomic mass is 9.84. The van der Waals surface area contributed by atoms with Gasteiger partial charge in [-0.2, -0.15) is 4.31 Å². The summed E-state index contributed by atoms with van der Waals surface area (Å²) in [6.45, 7) is 2.96. The van der Waals surface area contributed by atoms with Crippen LogP contribution in [0.5, 0.6) is 0 Å². The highest BCUT2D eigenvalue weighted by molar-refractivity contribution is 7.89. The van der Waals surface area contributed by atoms with Gasteiger partial charge in [-0.05, 0) is 31.4 Å². The third kappa shape index (κ3) is 2.92. The number of hydrogen-bond donors (Lipinski definition) is 1. The number of rotatable bonds is 5. The zero-order valence-corrected chi connectivity index (χ0v) is 13.1. The Balaban J connectivity index is 2.31. The van der Waals surface area contributed by atoms with E-state index in [9.17, 15) is 8.42 Å². The SMILES string of the molecule is CCN(C1CCCCC1CN)S(=O)(=O)c1ccn(C)c1. The Bertz CT molecular complexity index is 538. The van der Waals surface area contributed by atoms with Crippen molar-refractivity contribution < 1.29 is 8.42 Å². The summed E-state index contributed by atoms with van der Waals surface area (Å²) in [6, 6.07) is 1.71. The van der Waals surface area contributed by atoms with Crippen LogP contribution in [0.25, 0.3) is 0 Å². The summed E-state index contributed by atoms with van der Waals surface area (Å²) < 4.78 is 29.0. The molecule has 1 aliphatic carbocycles. The van der Waals surface area contributed by atoms with Crippen LogP contribution in [-0.2, 0) is 17.1 Å². The third-order valence-corrected chi connectivity index (χ3v) is 6.25. The molecule has 1 heterocycles. The van der Waals surface area contributed by atoms with Crippen molar-refractivity contribution in [3.8, 4) is 0 Å². The number of aromatic nitrogens is 1. The minimum absolute atomic E-state index is 0.0453. The molecule has 1 fully saturated rings. The average Bonchev–Trinajstić information content (AvgIpc) is 2.87. The zero-order chi connectivity index (χ0) is 14.8. The van der Waals surface area contributed by atoms with E-state index in [1.54, 1.807) is 27.3 Å². The van der Waals surface area contributed by atoms with E-state index in [-0.39, 0.29) is 12.0 Å². The van der Waals surface area contributed by atoms with Crippen LogP contribution >= 0.6 is 0 Å². The average molecular weight is 299 g/mol. The van der Waals surface area contributed by atoms with E-state index < -0.39 is 10.0 Å². The summed E-state index contributed by atoms with van der Waals surface area (Å²) in [5, 5.41) is 0. The van der Waals surface area contributed by atoms with Crippen LogP contribution in [0.3, 0.4) is 0 Å². The lowest BCUT2D eigenvalue weighted by Crippen LogP contribution is -2.47. The van der Waals surface area contributed by atoms with Crippen LogP contribution in [0.4, 0.5) is 0 Å². The molecular weight excluding hydrogens is 274 g/mol. The van der Waals surface area contributed by atoms with Gasteiger partial charge >= 0.3 is 0 Å². The van der Waals surface area contributed by atoms with E-state index in [0.717, 1.165) is 25.7 Å². The molecule has 114 valence electrons. The second-order valence-corrected chi connectivity index (χ2v) is 7.46. The van der Waals surface area contributed by atoms with Gasteiger partial charge in [0.15, 0.2) is 0 Å². The lowest BCUT2D eigenvalue weighted by molar-refractivity contribution is 0.187. The van der Waals surface area contributed by atoms with E-state index in [1.807, 2.05) is 14.0 Å².